The Kier molecular flexibility index (Phi) is 5.44. The van der Waals surface area contributed by atoms with Crippen molar-refractivity contribution in [2.24, 2.45) is 0 Å². The van der Waals surface area contributed by atoms with Gasteiger partial charge >= 0.3 is 0 Å². The molecule has 0 radical (unpaired) electrons. The Balaban J connectivity index is 1.92. The number of nitrogen functional groups attached to an aromatic ring is 1. The van der Waals surface area contributed by atoms with Crippen LogP contribution in [-0.4, -0.2) is 37.6 Å². The summed E-state index contributed by atoms with van der Waals surface area (Å²) in [5.41, 5.74) is 6.99. The molecule has 1 aliphatic carbocycles. The third-order valence-corrected chi connectivity index (χ3v) is 4.09. The highest BCUT2D eigenvalue weighted by Gasteiger charge is 2.20. The van der Waals surface area contributed by atoms with Crippen molar-refractivity contribution in [1.82, 2.24) is 4.90 Å². The molecule has 1 aromatic rings. The fourth-order valence-electron chi connectivity index (χ4n) is 2.88. The molecule has 3 N–H and O–H groups in total. The van der Waals surface area contributed by atoms with Gasteiger partial charge in [0.1, 0.15) is 5.75 Å². The van der Waals surface area contributed by atoms with Crippen molar-refractivity contribution in [2.45, 2.75) is 38.1 Å². The highest BCUT2D eigenvalue weighted by Crippen LogP contribution is 2.27. The van der Waals surface area contributed by atoms with Crippen LogP contribution in [0.25, 0.3) is 0 Å². The SMILES string of the molecule is COc1cc(N)ccc1NC(=O)CN(C)C1CCCCC1. The van der Waals surface area contributed by atoms with E-state index in [-0.39, 0.29) is 5.91 Å². The number of hydrogen-bond donors (Lipinski definition) is 2. The molecule has 116 valence electrons. The van der Waals surface area contributed by atoms with E-state index < -0.39 is 0 Å². The van der Waals surface area contributed by atoms with E-state index in [0.29, 0.717) is 29.7 Å². The van der Waals surface area contributed by atoms with Crippen LogP contribution in [0.1, 0.15) is 32.1 Å². The number of amides is 1. The first-order valence-corrected chi connectivity index (χ1v) is 7.53. The average molecular weight is 291 g/mol. The Hall–Kier alpha value is -1.75. The van der Waals surface area contributed by atoms with E-state index in [9.17, 15) is 4.79 Å². The number of carbonyl (C=O) groups is 1. The molecule has 1 saturated carbocycles. The van der Waals surface area contributed by atoms with E-state index in [1.807, 2.05) is 7.05 Å². The molecule has 0 heterocycles. The van der Waals surface area contributed by atoms with Gasteiger partial charge in [0, 0.05) is 17.8 Å². The summed E-state index contributed by atoms with van der Waals surface area (Å²) in [4.78, 5) is 14.3. The van der Waals surface area contributed by atoms with Gasteiger partial charge < -0.3 is 15.8 Å². The van der Waals surface area contributed by atoms with Crippen LogP contribution in [0.4, 0.5) is 11.4 Å². The topological polar surface area (TPSA) is 67.6 Å². The Morgan fingerprint density at radius 1 is 1.38 bits per heavy atom. The number of rotatable bonds is 5. The van der Waals surface area contributed by atoms with Crippen molar-refractivity contribution in [3.8, 4) is 5.75 Å². The Labute approximate surface area is 126 Å². The van der Waals surface area contributed by atoms with Crippen molar-refractivity contribution in [2.75, 3.05) is 31.8 Å². The first kappa shape index (κ1) is 15.6. The van der Waals surface area contributed by atoms with Crippen molar-refractivity contribution in [3.63, 3.8) is 0 Å². The Bertz CT molecular complexity index is 484. The van der Waals surface area contributed by atoms with E-state index in [1.165, 1.54) is 32.1 Å². The van der Waals surface area contributed by atoms with Gasteiger partial charge in [-0.25, -0.2) is 0 Å². The zero-order valence-electron chi connectivity index (χ0n) is 12.9. The Morgan fingerprint density at radius 3 is 2.76 bits per heavy atom. The van der Waals surface area contributed by atoms with Crippen molar-refractivity contribution in [1.29, 1.82) is 0 Å². The molecule has 1 fully saturated rings. The lowest BCUT2D eigenvalue weighted by molar-refractivity contribution is -0.117. The molecule has 1 aromatic carbocycles. The van der Waals surface area contributed by atoms with Gasteiger partial charge in [-0.05, 0) is 32.0 Å². The second kappa shape index (κ2) is 7.31. The second-order valence-corrected chi connectivity index (χ2v) is 5.71. The molecule has 1 aliphatic rings. The number of ether oxygens (including phenoxy) is 1. The second-order valence-electron chi connectivity index (χ2n) is 5.71. The summed E-state index contributed by atoms with van der Waals surface area (Å²) in [5, 5.41) is 2.90. The zero-order valence-corrected chi connectivity index (χ0v) is 12.9. The van der Waals surface area contributed by atoms with Gasteiger partial charge in [-0.3, -0.25) is 9.69 Å². The van der Waals surface area contributed by atoms with Crippen LogP contribution < -0.4 is 15.8 Å². The summed E-state index contributed by atoms with van der Waals surface area (Å²) in [6.45, 7) is 0.401. The number of hydrogen-bond acceptors (Lipinski definition) is 4. The third kappa shape index (κ3) is 4.36. The van der Waals surface area contributed by atoms with Crippen LogP contribution in [0.2, 0.25) is 0 Å². The first-order chi connectivity index (χ1) is 10.1. The van der Waals surface area contributed by atoms with Crippen LogP contribution in [0, 0.1) is 0 Å². The number of nitrogens with zero attached hydrogens (tertiary/aromatic N) is 1. The molecule has 0 bridgehead atoms. The fourth-order valence-corrected chi connectivity index (χ4v) is 2.88. The Morgan fingerprint density at radius 2 is 2.10 bits per heavy atom. The average Bonchev–Trinajstić information content (AvgIpc) is 2.49. The van der Waals surface area contributed by atoms with Gasteiger partial charge in [-0.2, -0.15) is 0 Å². The highest BCUT2D eigenvalue weighted by molar-refractivity contribution is 5.94. The van der Waals surface area contributed by atoms with Crippen LogP contribution >= 0.6 is 0 Å². The molecule has 0 aliphatic heterocycles. The molecule has 0 spiro atoms. The lowest BCUT2D eigenvalue weighted by Crippen LogP contribution is -2.39. The molecule has 5 heteroatoms. The quantitative estimate of drug-likeness (QED) is 0.818. The van der Waals surface area contributed by atoms with Crippen molar-refractivity contribution in [3.05, 3.63) is 18.2 Å². The molecule has 0 saturated heterocycles. The molecular weight excluding hydrogens is 266 g/mol. The van der Waals surface area contributed by atoms with Gasteiger partial charge in [0.2, 0.25) is 5.91 Å². The predicted octanol–water partition coefficient (Wildman–Crippen LogP) is 2.48. The molecular formula is C16H25N3O2. The molecule has 21 heavy (non-hydrogen) atoms. The monoisotopic (exact) mass is 291 g/mol. The summed E-state index contributed by atoms with van der Waals surface area (Å²) in [5.74, 6) is 0.565. The number of benzene rings is 1. The largest absolute Gasteiger partial charge is 0.494 e. The summed E-state index contributed by atoms with van der Waals surface area (Å²) in [6.07, 6.45) is 6.23. The van der Waals surface area contributed by atoms with E-state index in [2.05, 4.69) is 10.2 Å². The zero-order chi connectivity index (χ0) is 15.2. The third-order valence-electron chi connectivity index (χ3n) is 4.09. The summed E-state index contributed by atoms with van der Waals surface area (Å²) in [6, 6.07) is 5.76. The van der Waals surface area contributed by atoms with Crippen molar-refractivity contribution < 1.29 is 9.53 Å². The van der Waals surface area contributed by atoms with E-state index >= 15 is 0 Å². The molecule has 5 nitrogen and oxygen atoms in total. The fraction of sp³-hybridized carbons (Fsp3) is 0.562. The minimum atomic E-state index is -0.0221. The van der Waals surface area contributed by atoms with E-state index in [0.717, 1.165) is 0 Å². The van der Waals surface area contributed by atoms with E-state index in [1.54, 1.807) is 25.3 Å². The molecule has 1 amide bonds. The van der Waals surface area contributed by atoms with Gasteiger partial charge in [-0.15, -0.1) is 0 Å². The number of carbonyl (C=O) groups excluding carboxylic acids is 1. The molecule has 0 unspecified atom stereocenters. The van der Waals surface area contributed by atoms with Gasteiger partial charge in [0.05, 0.1) is 19.3 Å². The van der Waals surface area contributed by atoms with Crippen LogP contribution in [-0.2, 0) is 4.79 Å². The van der Waals surface area contributed by atoms with Gasteiger partial charge in [0.25, 0.3) is 0 Å². The van der Waals surface area contributed by atoms with Gasteiger partial charge in [-0.1, -0.05) is 19.3 Å². The summed E-state index contributed by atoms with van der Waals surface area (Å²) < 4.78 is 5.24. The minimum absolute atomic E-state index is 0.0221. The minimum Gasteiger partial charge on any atom is -0.494 e. The lowest BCUT2D eigenvalue weighted by Gasteiger charge is -2.30. The number of nitrogens with two attached hydrogens (primary N) is 1. The summed E-state index contributed by atoms with van der Waals surface area (Å²) >= 11 is 0. The standard InChI is InChI=1S/C16H25N3O2/c1-19(13-6-4-3-5-7-13)11-16(20)18-14-9-8-12(17)10-15(14)21-2/h8-10,13H,3-7,11,17H2,1-2H3,(H,18,20). The smallest absolute Gasteiger partial charge is 0.238 e. The van der Waals surface area contributed by atoms with Crippen molar-refractivity contribution >= 4 is 17.3 Å². The van der Waals surface area contributed by atoms with E-state index in [4.69, 9.17) is 10.5 Å². The maximum Gasteiger partial charge on any atom is 0.238 e. The first-order valence-electron chi connectivity index (χ1n) is 7.53. The molecule has 0 atom stereocenters. The van der Waals surface area contributed by atoms with Crippen LogP contribution in [0.15, 0.2) is 18.2 Å². The normalized spacial score (nSPS) is 16.0. The molecule has 2 rings (SSSR count). The highest BCUT2D eigenvalue weighted by atomic mass is 16.5. The van der Waals surface area contributed by atoms with Crippen LogP contribution in [0.5, 0.6) is 5.75 Å². The summed E-state index contributed by atoms with van der Waals surface area (Å²) in [7, 11) is 3.59. The maximum absolute atomic E-state index is 12.2. The number of anilines is 2. The van der Waals surface area contributed by atoms with Gasteiger partial charge in [0.15, 0.2) is 0 Å². The number of methoxy groups -OCH3 is 1. The lowest BCUT2D eigenvalue weighted by atomic mass is 9.94. The predicted molar refractivity (Wildman–Crippen MR) is 85.5 cm³/mol. The number of likely N-dealkylation sites (N-methyl/N-ethyl adjacent to an activating group) is 1. The maximum atomic E-state index is 12.2. The molecule has 0 aromatic heterocycles. The van der Waals surface area contributed by atoms with Crippen LogP contribution in [0.3, 0.4) is 0 Å². The number of nitrogens with one attached hydrogen (secondary N) is 1.